The standard InChI is InChI=1S/C15H21NS/c1-5-11(4)14-8-12(6-2)15(16-10-17)13(7-3)9-14/h8-9,11H,5-7H2,1-4H3. The lowest BCUT2D eigenvalue weighted by atomic mass is 9.92. The zero-order valence-electron chi connectivity index (χ0n) is 11.2. The monoisotopic (exact) mass is 247 g/mol. The van der Waals surface area contributed by atoms with Gasteiger partial charge in [0.15, 0.2) is 0 Å². The van der Waals surface area contributed by atoms with E-state index < -0.39 is 0 Å². The highest BCUT2D eigenvalue weighted by atomic mass is 32.1. The van der Waals surface area contributed by atoms with Crippen LogP contribution in [0.2, 0.25) is 0 Å². The highest BCUT2D eigenvalue weighted by Gasteiger charge is 2.11. The van der Waals surface area contributed by atoms with Crippen LogP contribution in [0.4, 0.5) is 5.69 Å². The van der Waals surface area contributed by atoms with Crippen LogP contribution in [0.25, 0.3) is 0 Å². The van der Waals surface area contributed by atoms with E-state index >= 15 is 0 Å². The molecule has 0 saturated carbocycles. The Balaban J connectivity index is 3.38. The van der Waals surface area contributed by atoms with Crippen LogP contribution in [0.3, 0.4) is 0 Å². The van der Waals surface area contributed by atoms with Crippen molar-refractivity contribution >= 4 is 23.1 Å². The summed E-state index contributed by atoms with van der Waals surface area (Å²) in [4.78, 5) is 4.24. The molecule has 0 heterocycles. The van der Waals surface area contributed by atoms with Gasteiger partial charge < -0.3 is 0 Å². The fraction of sp³-hybridized carbons (Fsp3) is 0.533. The van der Waals surface area contributed by atoms with Crippen molar-refractivity contribution < 1.29 is 0 Å². The number of nitrogens with zero attached hydrogens (tertiary/aromatic N) is 1. The maximum absolute atomic E-state index is 4.74. The lowest BCUT2D eigenvalue weighted by molar-refractivity contribution is 0.730. The first-order chi connectivity index (χ1) is 8.17. The molecule has 1 aromatic rings. The van der Waals surface area contributed by atoms with Gasteiger partial charge in [0, 0.05) is 0 Å². The van der Waals surface area contributed by atoms with E-state index in [1.165, 1.54) is 23.1 Å². The molecule has 0 N–H and O–H groups in total. The molecule has 0 bridgehead atoms. The Morgan fingerprint density at radius 3 is 2.06 bits per heavy atom. The smallest absolute Gasteiger partial charge is 0.0803 e. The van der Waals surface area contributed by atoms with Gasteiger partial charge in [0.1, 0.15) is 0 Å². The number of isothiocyanates is 1. The van der Waals surface area contributed by atoms with Gasteiger partial charge in [0.05, 0.1) is 10.8 Å². The van der Waals surface area contributed by atoms with Gasteiger partial charge in [0.2, 0.25) is 0 Å². The molecule has 92 valence electrons. The molecule has 0 radical (unpaired) electrons. The zero-order valence-corrected chi connectivity index (χ0v) is 12.0. The third-order valence-electron chi connectivity index (χ3n) is 3.39. The van der Waals surface area contributed by atoms with Gasteiger partial charge >= 0.3 is 0 Å². The first kappa shape index (κ1) is 14.1. The molecule has 0 aliphatic carbocycles. The zero-order chi connectivity index (χ0) is 12.8. The van der Waals surface area contributed by atoms with Crippen LogP contribution in [0, 0.1) is 0 Å². The molecule has 0 amide bonds. The van der Waals surface area contributed by atoms with Crippen molar-refractivity contribution in [1.82, 2.24) is 0 Å². The molecule has 0 spiro atoms. The number of rotatable bonds is 5. The predicted octanol–water partition coefficient (Wildman–Crippen LogP) is 5.06. The first-order valence-corrected chi connectivity index (χ1v) is 6.82. The number of aryl methyl sites for hydroxylation is 2. The molecule has 0 aromatic heterocycles. The minimum absolute atomic E-state index is 0.608. The average Bonchev–Trinajstić information content (AvgIpc) is 2.38. The third-order valence-corrected chi connectivity index (χ3v) is 3.48. The van der Waals surface area contributed by atoms with Gasteiger partial charge in [-0.05, 0) is 54.1 Å². The quantitative estimate of drug-likeness (QED) is 0.523. The SMILES string of the molecule is CCc1cc(C(C)CC)cc(CC)c1N=C=S. The molecule has 0 aliphatic heterocycles. The Kier molecular flexibility index (Phi) is 5.54. The van der Waals surface area contributed by atoms with E-state index in [0.29, 0.717) is 5.92 Å². The van der Waals surface area contributed by atoms with Gasteiger partial charge in [0.25, 0.3) is 0 Å². The van der Waals surface area contributed by atoms with Crippen molar-refractivity contribution in [2.24, 2.45) is 4.99 Å². The molecule has 1 rings (SSSR count). The number of hydrogen-bond acceptors (Lipinski definition) is 2. The van der Waals surface area contributed by atoms with E-state index in [2.05, 4.69) is 50.0 Å². The fourth-order valence-corrected chi connectivity index (χ4v) is 2.13. The summed E-state index contributed by atoms with van der Waals surface area (Å²) < 4.78 is 0. The lowest BCUT2D eigenvalue weighted by Gasteiger charge is -2.15. The van der Waals surface area contributed by atoms with E-state index in [9.17, 15) is 0 Å². The van der Waals surface area contributed by atoms with Crippen LogP contribution in [-0.2, 0) is 12.8 Å². The van der Waals surface area contributed by atoms with E-state index in [1.807, 2.05) is 0 Å². The molecule has 1 nitrogen and oxygen atoms in total. The van der Waals surface area contributed by atoms with Gasteiger partial charge in [-0.3, -0.25) is 0 Å². The van der Waals surface area contributed by atoms with Gasteiger partial charge in [-0.1, -0.05) is 39.8 Å². The van der Waals surface area contributed by atoms with E-state index in [-0.39, 0.29) is 0 Å². The van der Waals surface area contributed by atoms with E-state index in [4.69, 9.17) is 12.2 Å². The Hall–Kier alpha value is -0.980. The lowest BCUT2D eigenvalue weighted by Crippen LogP contribution is -1.97. The first-order valence-electron chi connectivity index (χ1n) is 6.41. The summed E-state index contributed by atoms with van der Waals surface area (Å²) in [6.07, 6.45) is 3.16. The van der Waals surface area contributed by atoms with Crippen LogP contribution < -0.4 is 0 Å². The van der Waals surface area contributed by atoms with Gasteiger partial charge in [-0.15, -0.1) is 0 Å². The highest BCUT2D eigenvalue weighted by molar-refractivity contribution is 7.78. The molecular weight excluding hydrogens is 226 g/mol. The number of thiocarbonyl (C=S) groups is 1. The summed E-state index contributed by atoms with van der Waals surface area (Å²) in [5, 5.41) is 2.50. The molecule has 0 aliphatic rings. The van der Waals surface area contributed by atoms with Crippen molar-refractivity contribution in [3.05, 3.63) is 28.8 Å². The van der Waals surface area contributed by atoms with Crippen LogP contribution in [0.5, 0.6) is 0 Å². The maximum Gasteiger partial charge on any atom is 0.0803 e. The molecule has 2 heteroatoms. The Morgan fingerprint density at radius 2 is 1.71 bits per heavy atom. The summed E-state index contributed by atoms with van der Waals surface area (Å²) >= 11 is 4.74. The average molecular weight is 247 g/mol. The Morgan fingerprint density at radius 1 is 1.18 bits per heavy atom. The summed E-state index contributed by atoms with van der Waals surface area (Å²) in [5.74, 6) is 0.608. The van der Waals surface area contributed by atoms with Crippen LogP contribution in [0.15, 0.2) is 17.1 Å². The summed E-state index contributed by atoms with van der Waals surface area (Å²) in [6, 6.07) is 4.55. The van der Waals surface area contributed by atoms with E-state index in [0.717, 1.165) is 18.5 Å². The van der Waals surface area contributed by atoms with Crippen molar-refractivity contribution in [1.29, 1.82) is 0 Å². The second-order valence-corrected chi connectivity index (χ2v) is 4.59. The second-order valence-electron chi connectivity index (χ2n) is 4.41. The maximum atomic E-state index is 4.74. The minimum Gasteiger partial charge on any atom is -0.194 e. The molecule has 1 unspecified atom stereocenters. The van der Waals surface area contributed by atoms with E-state index in [1.54, 1.807) is 0 Å². The Bertz CT molecular complexity index is 406. The van der Waals surface area contributed by atoms with Crippen LogP contribution >= 0.6 is 12.2 Å². The molecule has 17 heavy (non-hydrogen) atoms. The summed E-state index contributed by atoms with van der Waals surface area (Å²) in [7, 11) is 0. The minimum atomic E-state index is 0.608. The summed E-state index contributed by atoms with van der Waals surface area (Å²) in [6.45, 7) is 8.83. The van der Waals surface area contributed by atoms with Crippen molar-refractivity contribution in [3.63, 3.8) is 0 Å². The highest BCUT2D eigenvalue weighted by Crippen LogP contribution is 2.31. The van der Waals surface area contributed by atoms with Crippen LogP contribution in [-0.4, -0.2) is 5.16 Å². The topological polar surface area (TPSA) is 12.4 Å². The second kappa shape index (κ2) is 6.68. The number of hydrogen-bond donors (Lipinski definition) is 0. The number of benzene rings is 1. The fourth-order valence-electron chi connectivity index (χ4n) is 2.04. The normalized spacial score (nSPS) is 12.0. The third kappa shape index (κ3) is 3.24. The van der Waals surface area contributed by atoms with Crippen molar-refractivity contribution in [3.8, 4) is 0 Å². The molecular formula is C15H21NS. The molecule has 1 atom stereocenters. The van der Waals surface area contributed by atoms with Crippen molar-refractivity contribution in [2.75, 3.05) is 0 Å². The largest absolute Gasteiger partial charge is 0.194 e. The predicted molar refractivity (Wildman–Crippen MR) is 78.6 cm³/mol. The molecule has 1 aromatic carbocycles. The van der Waals surface area contributed by atoms with Gasteiger partial charge in [-0.2, -0.15) is 4.99 Å². The Labute approximate surface area is 110 Å². The van der Waals surface area contributed by atoms with Gasteiger partial charge in [-0.25, -0.2) is 0 Å². The molecule has 0 fully saturated rings. The number of aliphatic imine (C=N–C) groups is 1. The van der Waals surface area contributed by atoms with Crippen molar-refractivity contribution in [2.45, 2.75) is 52.9 Å². The summed E-state index contributed by atoms with van der Waals surface area (Å²) in [5.41, 5.74) is 5.04. The van der Waals surface area contributed by atoms with Crippen LogP contribution in [0.1, 0.15) is 56.7 Å². The molecule has 0 saturated heterocycles.